The van der Waals surface area contributed by atoms with Crippen LogP contribution in [0.3, 0.4) is 0 Å². The predicted molar refractivity (Wildman–Crippen MR) is 99.8 cm³/mol. The van der Waals surface area contributed by atoms with Crippen LogP contribution in [0, 0.1) is 10.1 Å². The molecule has 0 saturated heterocycles. The van der Waals surface area contributed by atoms with Crippen LogP contribution < -0.4 is 0 Å². The minimum absolute atomic E-state index is 0.0579. The number of non-ortho nitro benzene ring substituents is 1. The third kappa shape index (κ3) is 2.93. The lowest BCUT2D eigenvalue weighted by Crippen LogP contribution is -2.02. The van der Waals surface area contributed by atoms with Crippen molar-refractivity contribution in [1.29, 1.82) is 0 Å². The van der Waals surface area contributed by atoms with Gasteiger partial charge >= 0.3 is 0 Å². The van der Waals surface area contributed by atoms with Crippen molar-refractivity contribution < 1.29 is 19.2 Å². The van der Waals surface area contributed by atoms with Gasteiger partial charge in [0.05, 0.1) is 10.5 Å². The summed E-state index contributed by atoms with van der Waals surface area (Å²) in [6.45, 7) is 0. The Bertz CT molecular complexity index is 1170. The summed E-state index contributed by atoms with van der Waals surface area (Å²) in [4.78, 5) is 23.8. The van der Waals surface area contributed by atoms with Gasteiger partial charge in [-0.05, 0) is 30.3 Å². The van der Waals surface area contributed by atoms with Crippen molar-refractivity contribution in [2.24, 2.45) is 0 Å². The van der Waals surface area contributed by atoms with Gasteiger partial charge in [0.25, 0.3) is 5.69 Å². The number of carbonyl (C=O) groups is 1. The number of aromatic hydroxyl groups is 1. The molecule has 3 aromatic carbocycles. The molecular formula is C21H13NO5. The third-order valence-electron chi connectivity index (χ3n) is 4.27. The molecule has 0 aliphatic carbocycles. The molecule has 0 unspecified atom stereocenters. The molecular weight excluding hydrogens is 346 g/mol. The second-order valence-corrected chi connectivity index (χ2v) is 5.99. The highest BCUT2D eigenvalue weighted by molar-refractivity contribution is 6.19. The lowest BCUT2D eigenvalue weighted by Gasteiger charge is -2.04. The number of carbonyl (C=O) groups excluding carboxylic acids is 1. The first-order valence-electron chi connectivity index (χ1n) is 8.14. The average Bonchev–Trinajstić information content (AvgIpc) is 3.07. The molecule has 1 N–H and O–H groups in total. The SMILES string of the molecule is O=C(c1ccc(O)cc1)c1c(-c2cccc([N+](=O)[O-])c2)oc2ccccc12. The summed E-state index contributed by atoms with van der Waals surface area (Å²) in [5.41, 5.74) is 1.59. The molecule has 0 fully saturated rings. The number of phenols is 1. The van der Waals surface area contributed by atoms with Gasteiger partial charge < -0.3 is 9.52 Å². The van der Waals surface area contributed by atoms with Crippen LogP contribution in [0.15, 0.2) is 77.2 Å². The molecule has 0 bridgehead atoms. The number of hydrogen-bond acceptors (Lipinski definition) is 5. The Labute approximate surface area is 153 Å². The van der Waals surface area contributed by atoms with Crippen LogP contribution in [-0.4, -0.2) is 15.8 Å². The zero-order valence-corrected chi connectivity index (χ0v) is 14.0. The van der Waals surface area contributed by atoms with Crippen LogP contribution in [0.1, 0.15) is 15.9 Å². The number of rotatable bonds is 4. The van der Waals surface area contributed by atoms with Crippen molar-refractivity contribution >= 4 is 22.4 Å². The summed E-state index contributed by atoms with van der Waals surface area (Å²) in [7, 11) is 0. The smallest absolute Gasteiger partial charge is 0.270 e. The van der Waals surface area contributed by atoms with E-state index in [0.29, 0.717) is 27.7 Å². The number of para-hydroxylation sites is 1. The van der Waals surface area contributed by atoms with Gasteiger partial charge in [0.1, 0.15) is 17.1 Å². The van der Waals surface area contributed by atoms with Crippen LogP contribution >= 0.6 is 0 Å². The minimum atomic E-state index is -0.492. The third-order valence-corrected chi connectivity index (χ3v) is 4.27. The second-order valence-electron chi connectivity index (χ2n) is 5.99. The number of nitro groups is 1. The first-order chi connectivity index (χ1) is 13.0. The van der Waals surface area contributed by atoms with Crippen molar-refractivity contribution in [2.75, 3.05) is 0 Å². The van der Waals surface area contributed by atoms with Gasteiger partial charge in [0, 0.05) is 28.6 Å². The van der Waals surface area contributed by atoms with E-state index in [0.717, 1.165) is 0 Å². The lowest BCUT2D eigenvalue weighted by molar-refractivity contribution is -0.384. The maximum atomic E-state index is 13.2. The Kier molecular flexibility index (Phi) is 3.93. The van der Waals surface area contributed by atoms with Crippen LogP contribution in [0.5, 0.6) is 5.75 Å². The number of nitro benzene ring substituents is 1. The molecule has 6 nitrogen and oxygen atoms in total. The van der Waals surface area contributed by atoms with E-state index in [1.165, 1.54) is 36.4 Å². The highest BCUT2D eigenvalue weighted by Gasteiger charge is 2.24. The monoisotopic (exact) mass is 359 g/mol. The fourth-order valence-corrected chi connectivity index (χ4v) is 2.99. The Hall–Kier alpha value is -3.93. The lowest BCUT2D eigenvalue weighted by atomic mass is 9.97. The fraction of sp³-hybridized carbons (Fsp3) is 0. The summed E-state index contributed by atoms with van der Waals surface area (Å²) >= 11 is 0. The van der Waals surface area contributed by atoms with Crippen molar-refractivity contribution in [3.8, 4) is 17.1 Å². The van der Waals surface area contributed by atoms with Gasteiger partial charge in [-0.1, -0.05) is 30.3 Å². The van der Waals surface area contributed by atoms with Crippen molar-refractivity contribution in [3.05, 3.63) is 94.0 Å². The molecule has 1 aromatic heterocycles. The van der Waals surface area contributed by atoms with Gasteiger partial charge in [-0.3, -0.25) is 14.9 Å². The summed E-state index contributed by atoms with van der Waals surface area (Å²) in [6.07, 6.45) is 0. The number of furan rings is 1. The van der Waals surface area contributed by atoms with E-state index in [1.54, 1.807) is 36.4 Å². The quantitative estimate of drug-likeness (QED) is 0.316. The molecule has 1 heterocycles. The Balaban J connectivity index is 1.95. The molecule has 0 atom stereocenters. The Morgan fingerprint density at radius 2 is 1.70 bits per heavy atom. The Morgan fingerprint density at radius 1 is 0.963 bits per heavy atom. The molecule has 0 aliphatic heterocycles. The predicted octanol–water partition coefficient (Wildman–Crippen LogP) is 4.94. The number of benzene rings is 3. The van der Waals surface area contributed by atoms with E-state index in [-0.39, 0.29) is 23.0 Å². The molecule has 132 valence electrons. The molecule has 27 heavy (non-hydrogen) atoms. The molecule has 0 saturated carbocycles. The molecule has 0 spiro atoms. The van der Waals surface area contributed by atoms with Gasteiger partial charge in [0.2, 0.25) is 0 Å². The number of ketones is 1. The zero-order chi connectivity index (χ0) is 19.0. The van der Waals surface area contributed by atoms with E-state index in [9.17, 15) is 20.0 Å². The van der Waals surface area contributed by atoms with E-state index in [2.05, 4.69) is 0 Å². The topological polar surface area (TPSA) is 93.6 Å². The second kappa shape index (κ2) is 6.42. The largest absolute Gasteiger partial charge is 0.508 e. The number of fused-ring (bicyclic) bond motifs is 1. The summed E-state index contributed by atoms with van der Waals surface area (Å²) in [6, 6.07) is 19.0. The van der Waals surface area contributed by atoms with Crippen molar-refractivity contribution in [2.45, 2.75) is 0 Å². The highest BCUT2D eigenvalue weighted by Crippen LogP contribution is 2.36. The van der Waals surface area contributed by atoms with Crippen molar-refractivity contribution in [1.82, 2.24) is 0 Å². The van der Waals surface area contributed by atoms with Gasteiger partial charge in [0.15, 0.2) is 5.78 Å². The van der Waals surface area contributed by atoms with Crippen LogP contribution in [0.25, 0.3) is 22.3 Å². The molecule has 0 amide bonds. The van der Waals surface area contributed by atoms with Gasteiger partial charge in [-0.2, -0.15) is 0 Å². The van der Waals surface area contributed by atoms with E-state index in [4.69, 9.17) is 4.42 Å². The molecule has 0 radical (unpaired) electrons. The standard InChI is InChI=1S/C21H13NO5/c23-16-10-8-13(9-11-16)20(24)19-17-6-1-2-7-18(17)27-21(19)14-4-3-5-15(12-14)22(25)26/h1-12,23H. The fourth-order valence-electron chi connectivity index (χ4n) is 2.99. The van der Waals surface area contributed by atoms with Gasteiger partial charge in [-0.15, -0.1) is 0 Å². The highest BCUT2D eigenvalue weighted by atomic mass is 16.6. The number of hydrogen-bond donors (Lipinski definition) is 1. The number of phenolic OH excluding ortho intramolecular Hbond substituents is 1. The van der Waals surface area contributed by atoms with Crippen LogP contribution in [-0.2, 0) is 0 Å². The van der Waals surface area contributed by atoms with E-state index >= 15 is 0 Å². The summed E-state index contributed by atoms with van der Waals surface area (Å²) < 4.78 is 5.89. The van der Waals surface area contributed by atoms with Crippen LogP contribution in [0.4, 0.5) is 5.69 Å². The molecule has 6 heteroatoms. The molecule has 4 rings (SSSR count). The van der Waals surface area contributed by atoms with Gasteiger partial charge in [-0.25, -0.2) is 0 Å². The molecule has 0 aliphatic rings. The number of nitrogens with zero attached hydrogens (tertiary/aromatic N) is 1. The summed E-state index contributed by atoms with van der Waals surface area (Å²) in [5.74, 6) is 0.0435. The maximum Gasteiger partial charge on any atom is 0.270 e. The zero-order valence-electron chi connectivity index (χ0n) is 14.0. The normalized spacial score (nSPS) is 10.8. The van der Waals surface area contributed by atoms with Crippen molar-refractivity contribution in [3.63, 3.8) is 0 Å². The van der Waals surface area contributed by atoms with Crippen LogP contribution in [0.2, 0.25) is 0 Å². The van der Waals surface area contributed by atoms with E-state index in [1.807, 2.05) is 0 Å². The first kappa shape index (κ1) is 16.5. The first-order valence-corrected chi connectivity index (χ1v) is 8.14. The minimum Gasteiger partial charge on any atom is -0.508 e. The Morgan fingerprint density at radius 3 is 2.44 bits per heavy atom. The average molecular weight is 359 g/mol. The molecule has 4 aromatic rings. The summed E-state index contributed by atoms with van der Waals surface area (Å²) in [5, 5.41) is 21.2. The maximum absolute atomic E-state index is 13.2. The van der Waals surface area contributed by atoms with E-state index < -0.39 is 4.92 Å².